The zero-order chi connectivity index (χ0) is 28.2. The summed E-state index contributed by atoms with van der Waals surface area (Å²) >= 11 is 0. The van der Waals surface area contributed by atoms with E-state index in [1.807, 2.05) is 0 Å². The van der Waals surface area contributed by atoms with Crippen LogP contribution < -0.4 is 14.4 Å². The van der Waals surface area contributed by atoms with Crippen LogP contribution in [0.15, 0.2) is 64.0 Å². The van der Waals surface area contributed by atoms with Gasteiger partial charge in [-0.1, -0.05) is 17.3 Å². The number of anilines is 3. The molecule has 0 aliphatic carbocycles. The molecule has 0 spiro atoms. The molecule has 0 unspecified atom stereocenters. The van der Waals surface area contributed by atoms with Gasteiger partial charge in [0.2, 0.25) is 5.82 Å². The van der Waals surface area contributed by atoms with Crippen LogP contribution in [-0.2, 0) is 22.2 Å². The van der Waals surface area contributed by atoms with Crippen LogP contribution in [0.4, 0.5) is 30.4 Å². The standard InChI is InChI=1S/C25H22F3N5O5S/c1-14-7-8-15-13-33(39(35,36)17-11-9-16(10-12-17)37-25(26,27)28)20-18(5-4-6-19(20)30-21(15)29-14)22-31-23(38-32-22)24(2,3)34/h4-12,34H,13H2,1-3H3,(H,29,30). The van der Waals surface area contributed by atoms with Crippen LogP contribution in [0.25, 0.3) is 11.4 Å². The molecule has 0 radical (unpaired) electrons. The summed E-state index contributed by atoms with van der Waals surface area (Å²) in [5, 5.41) is 17.4. The van der Waals surface area contributed by atoms with E-state index in [0.29, 0.717) is 22.8 Å². The summed E-state index contributed by atoms with van der Waals surface area (Å²) in [6.07, 6.45) is -4.92. The van der Waals surface area contributed by atoms with Gasteiger partial charge in [0, 0.05) is 16.8 Å². The number of nitrogens with one attached hydrogen (secondary N) is 1. The van der Waals surface area contributed by atoms with Crippen LogP contribution in [0.5, 0.6) is 5.75 Å². The van der Waals surface area contributed by atoms with Crippen LogP contribution in [0.3, 0.4) is 0 Å². The van der Waals surface area contributed by atoms with Crippen LogP contribution in [0.1, 0.15) is 31.0 Å². The molecule has 3 heterocycles. The third kappa shape index (κ3) is 5.25. The second-order valence-corrected chi connectivity index (χ2v) is 11.2. The van der Waals surface area contributed by atoms with Gasteiger partial charge in [-0.05, 0) is 63.2 Å². The quantitative estimate of drug-likeness (QED) is 0.345. The van der Waals surface area contributed by atoms with E-state index in [-0.39, 0.29) is 34.4 Å². The minimum absolute atomic E-state index is 0.0231. The first-order chi connectivity index (χ1) is 18.2. The number of aryl methyl sites for hydroxylation is 1. The van der Waals surface area contributed by atoms with E-state index >= 15 is 0 Å². The molecule has 0 saturated carbocycles. The first-order valence-corrected chi connectivity index (χ1v) is 13.0. The molecular formula is C25H22F3N5O5S. The Labute approximate surface area is 221 Å². The lowest BCUT2D eigenvalue weighted by Crippen LogP contribution is -2.31. The number of hydrogen-bond acceptors (Lipinski definition) is 9. The zero-order valence-corrected chi connectivity index (χ0v) is 21.6. The van der Waals surface area contributed by atoms with E-state index < -0.39 is 27.7 Å². The molecular weight excluding hydrogens is 539 g/mol. The van der Waals surface area contributed by atoms with Crippen molar-refractivity contribution >= 4 is 27.2 Å². The molecule has 1 aliphatic heterocycles. The topological polar surface area (TPSA) is 131 Å². The van der Waals surface area contributed by atoms with Crippen LogP contribution in [0.2, 0.25) is 0 Å². The monoisotopic (exact) mass is 561 g/mol. The second kappa shape index (κ2) is 9.24. The molecule has 0 saturated heterocycles. The molecule has 2 N–H and O–H groups in total. The number of hydrogen-bond donors (Lipinski definition) is 2. The Morgan fingerprint density at radius 2 is 1.77 bits per heavy atom. The van der Waals surface area contributed by atoms with Gasteiger partial charge in [0.25, 0.3) is 15.9 Å². The van der Waals surface area contributed by atoms with Crippen molar-refractivity contribution < 1.29 is 36.0 Å². The Kier molecular flexibility index (Phi) is 6.26. The Morgan fingerprint density at radius 1 is 1.05 bits per heavy atom. The molecule has 0 atom stereocenters. The highest BCUT2D eigenvalue weighted by atomic mass is 32.2. The first-order valence-electron chi connectivity index (χ1n) is 11.5. The van der Waals surface area contributed by atoms with Gasteiger partial charge in [0.05, 0.1) is 22.8 Å². The predicted molar refractivity (Wildman–Crippen MR) is 134 cm³/mol. The van der Waals surface area contributed by atoms with E-state index in [9.17, 15) is 26.7 Å². The molecule has 10 nitrogen and oxygen atoms in total. The number of benzene rings is 2. The average molecular weight is 562 g/mol. The van der Waals surface area contributed by atoms with Gasteiger partial charge in [0.1, 0.15) is 17.2 Å². The maximum atomic E-state index is 14.0. The molecule has 0 fully saturated rings. The summed E-state index contributed by atoms with van der Waals surface area (Å²) in [5.74, 6) is -0.178. The maximum Gasteiger partial charge on any atom is 0.573 e. The number of para-hydroxylation sites is 1. The Hall–Kier alpha value is -4.17. The zero-order valence-electron chi connectivity index (χ0n) is 20.8. The molecule has 0 bridgehead atoms. The van der Waals surface area contributed by atoms with Crippen molar-refractivity contribution in [2.24, 2.45) is 0 Å². The van der Waals surface area contributed by atoms with Gasteiger partial charge < -0.3 is 19.7 Å². The summed E-state index contributed by atoms with van der Waals surface area (Å²) < 4.78 is 76.2. The van der Waals surface area contributed by atoms with Gasteiger partial charge in [-0.15, -0.1) is 13.2 Å². The van der Waals surface area contributed by atoms with E-state index in [4.69, 9.17) is 4.52 Å². The summed E-state index contributed by atoms with van der Waals surface area (Å²) in [4.78, 5) is 8.51. The molecule has 204 valence electrons. The number of fused-ring (bicyclic) bond motifs is 2. The lowest BCUT2D eigenvalue weighted by molar-refractivity contribution is -0.274. The lowest BCUT2D eigenvalue weighted by atomic mass is 10.1. The number of nitrogens with zero attached hydrogens (tertiary/aromatic N) is 4. The van der Waals surface area contributed by atoms with Gasteiger partial charge in [-0.2, -0.15) is 4.98 Å². The first kappa shape index (κ1) is 26.4. The van der Waals surface area contributed by atoms with Crippen LogP contribution in [-0.4, -0.2) is 35.0 Å². The second-order valence-electron chi connectivity index (χ2n) is 9.30. The fourth-order valence-corrected chi connectivity index (χ4v) is 5.48. The van der Waals surface area contributed by atoms with Crippen molar-refractivity contribution in [3.05, 3.63) is 71.7 Å². The number of alkyl halides is 3. The van der Waals surface area contributed by atoms with Crippen LogP contribution in [0, 0.1) is 6.92 Å². The van der Waals surface area contributed by atoms with Crippen molar-refractivity contribution in [3.8, 4) is 17.1 Å². The largest absolute Gasteiger partial charge is 0.573 e. The molecule has 4 aromatic rings. The molecule has 39 heavy (non-hydrogen) atoms. The van der Waals surface area contributed by atoms with E-state index in [1.54, 1.807) is 37.3 Å². The van der Waals surface area contributed by atoms with Crippen molar-refractivity contribution in [2.75, 3.05) is 9.62 Å². The van der Waals surface area contributed by atoms with Crippen LogP contribution >= 0.6 is 0 Å². The molecule has 1 aliphatic rings. The fourth-order valence-electron chi connectivity index (χ4n) is 4.00. The minimum Gasteiger partial charge on any atom is -0.406 e. The molecule has 2 aromatic carbocycles. The van der Waals surface area contributed by atoms with E-state index in [1.165, 1.54) is 13.8 Å². The normalized spacial score (nSPS) is 13.8. The van der Waals surface area contributed by atoms with E-state index in [0.717, 1.165) is 28.6 Å². The number of rotatable bonds is 5. The summed E-state index contributed by atoms with van der Waals surface area (Å²) in [6.45, 7) is 4.55. The Morgan fingerprint density at radius 3 is 2.41 bits per heavy atom. The van der Waals surface area contributed by atoms with Crippen molar-refractivity contribution in [1.29, 1.82) is 0 Å². The lowest BCUT2D eigenvalue weighted by Gasteiger charge is -2.26. The number of halogens is 3. The molecule has 14 heteroatoms. The highest BCUT2D eigenvalue weighted by Gasteiger charge is 2.35. The van der Waals surface area contributed by atoms with Crippen molar-refractivity contribution in [2.45, 2.75) is 44.2 Å². The van der Waals surface area contributed by atoms with Gasteiger partial charge in [-0.3, -0.25) is 4.31 Å². The fraction of sp³-hybridized carbons (Fsp3) is 0.240. The summed E-state index contributed by atoms with van der Waals surface area (Å²) in [7, 11) is -4.37. The number of aliphatic hydroxyl groups is 1. The van der Waals surface area contributed by atoms with Gasteiger partial charge in [-0.25, -0.2) is 13.4 Å². The predicted octanol–water partition coefficient (Wildman–Crippen LogP) is 5.02. The van der Waals surface area contributed by atoms with Crippen molar-refractivity contribution in [3.63, 3.8) is 0 Å². The third-order valence-corrected chi connectivity index (χ3v) is 7.57. The maximum absolute atomic E-state index is 14.0. The molecule has 2 aromatic heterocycles. The number of aromatic nitrogens is 3. The minimum atomic E-state index is -4.92. The summed E-state index contributed by atoms with van der Waals surface area (Å²) in [5.41, 5.74) is 0.590. The van der Waals surface area contributed by atoms with Gasteiger partial charge >= 0.3 is 6.36 Å². The average Bonchev–Trinajstić information content (AvgIpc) is 3.28. The Bertz CT molecular complexity index is 1650. The smallest absolute Gasteiger partial charge is 0.406 e. The highest BCUT2D eigenvalue weighted by Crippen LogP contribution is 2.44. The van der Waals surface area contributed by atoms with E-state index in [2.05, 4.69) is 25.2 Å². The molecule has 5 rings (SSSR count). The number of ether oxygens (including phenoxy) is 1. The summed E-state index contributed by atoms with van der Waals surface area (Å²) in [6, 6.07) is 12.3. The number of pyridine rings is 1. The highest BCUT2D eigenvalue weighted by molar-refractivity contribution is 7.92. The molecule has 0 amide bonds. The van der Waals surface area contributed by atoms with Gasteiger partial charge in [0.15, 0.2) is 0 Å². The number of sulfonamides is 1. The van der Waals surface area contributed by atoms with Crippen molar-refractivity contribution in [1.82, 2.24) is 15.1 Å². The third-order valence-electron chi connectivity index (χ3n) is 5.81. The SMILES string of the molecule is Cc1ccc2c(n1)Nc1cccc(-c3noc(C(C)(C)O)n3)c1N(S(=O)(=O)c1ccc(OC(F)(F)F)cc1)C2. The Balaban J connectivity index is 1.68.